The molecule has 0 aromatic rings. The molecule has 0 aliphatic heterocycles. The molecule has 0 heterocycles. The molecule has 47 heavy (non-hydrogen) atoms. The van der Waals surface area contributed by atoms with E-state index in [2.05, 4.69) is 13.5 Å². The molecular formula is C36H70O11. The van der Waals surface area contributed by atoms with Crippen LogP contribution in [-0.2, 0) is 52.2 Å². The first-order valence-corrected chi connectivity index (χ1v) is 18.3. The number of carbonyl (C=O) groups excluding carboxylic acids is 1. The number of unbranched alkanes of at least 4 members (excludes halogenated alkanes) is 12. The first-order valence-electron chi connectivity index (χ1n) is 18.3. The lowest BCUT2D eigenvalue weighted by atomic mass is 10.0. The van der Waals surface area contributed by atoms with Crippen LogP contribution in [0.15, 0.2) is 12.8 Å². The van der Waals surface area contributed by atoms with Crippen molar-refractivity contribution >= 4 is 5.97 Å². The van der Waals surface area contributed by atoms with Gasteiger partial charge in [0.15, 0.2) is 0 Å². The first-order chi connectivity index (χ1) is 23.3. The number of hydrogen-bond donors (Lipinski definition) is 0. The number of hydrogen-bond acceptors (Lipinski definition) is 11. The highest BCUT2D eigenvalue weighted by Gasteiger charge is 2.03. The van der Waals surface area contributed by atoms with Gasteiger partial charge in [0.1, 0.15) is 13.2 Å². The van der Waals surface area contributed by atoms with E-state index in [1.165, 1.54) is 76.9 Å². The summed E-state index contributed by atoms with van der Waals surface area (Å²) in [5.74, 6) is -0.130. The molecule has 0 bridgehead atoms. The average molecular weight is 679 g/mol. The van der Waals surface area contributed by atoms with Gasteiger partial charge < -0.3 is 47.4 Å². The Bertz CT molecular complexity index is 609. The van der Waals surface area contributed by atoms with Crippen LogP contribution >= 0.6 is 0 Å². The highest BCUT2D eigenvalue weighted by Crippen LogP contribution is 2.13. The number of ether oxygens (including phenoxy) is 10. The van der Waals surface area contributed by atoms with Crippen molar-refractivity contribution in [3.63, 3.8) is 0 Å². The Balaban J connectivity index is 3.13. The van der Waals surface area contributed by atoms with Crippen molar-refractivity contribution in [2.24, 2.45) is 0 Å². The Labute approximate surface area is 286 Å². The van der Waals surface area contributed by atoms with Gasteiger partial charge in [-0.15, -0.1) is 0 Å². The van der Waals surface area contributed by atoms with Crippen molar-refractivity contribution in [2.75, 3.05) is 119 Å². The van der Waals surface area contributed by atoms with Gasteiger partial charge in [0, 0.05) is 6.42 Å². The molecule has 0 aliphatic rings. The van der Waals surface area contributed by atoms with Crippen LogP contribution in [0.25, 0.3) is 0 Å². The van der Waals surface area contributed by atoms with Gasteiger partial charge in [0.2, 0.25) is 0 Å². The van der Waals surface area contributed by atoms with Crippen molar-refractivity contribution in [1.82, 2.24) is 0 Å². The highest BCUT2D eigenvalue weighted by molar-refractivity contribution is 5.69. The molecule has 0 aliphatic carbocycles. The fraction of sp³-hybridized carbons (Fsp3) is 0.917. The predicted molar refractivity (Wildman–Crippen MR) is 184 cm³/mol. The van der Waals surface area contributed by atoms with E-state index in [4.69, 9.17) is 47.4 Å². The van der Waals surface area contributed by atoms with Crippen LogP contribution in [0.3, 0.4) is 0 Å². The minimum absolute atomic E-state index is 0.130. The third-order valence-electron chi connectivity index (χ3n) is 7.04. The largest absolute Gasteiger partial charge is 0.499 e. The zero-order valence-electron chi connectivity index (χ0n) is 29.9. The summed E-state index contributed by atoms with van der Waals surface area (Å²) in [4.78, 5) is 11.8. The van der Waals surface area contributed by atoms with E-state index in [0.29, 0.717) is 125 Å². The van der Waals surface area contributed by atoms with Gasteiger partial charge in [-0.05, 0) is 6.42 Å². The quantitative estimate of drug-likeness (QED) is 0.0412. The summed E-state index contributed by atoms with van der Waals surface area (Å²) in [7, 11) is 0. The Kier molecular flexibility index (Phi) is 41.5. The van der Waals surface area contributed by atoms with Crippen molar-refractivity contribution in [2.45, 2.75) is 96.8 Å². The molecule has 0 radical (unpaired) electrons. The third-order valence-corrected chi connectivity index (χ3v) is 7.04. The molecule has 0 unspecified atom stereocenters. The van der Waals surface area contributed by atoms with Crippen LogP contribution in [0.1, 0.15) is 96.8 Å². The topological polar surface area (TPSA) is 109 Å². The Morgan fingerprint density at radius 2 is 0.681 bits per heavy atom. The van der Waals surface area contributed by atoms with E-state index >= 15 is 0 Å². The van der Waals surface area contributed by atoms with Crippen LogP contribution in [0.5, 0.6) is 0 Å². The van der Waals surface area contributed by atoms with Crippen LogP contribution in [0.4, 0.5) is 0 Å². The number of rotatable bonds is 42. The fourth-order valence-electron chi connectivity index (χ4n) is 4.41. The summed E-state index contributed by atoms with van der Waals surface area (Å²) in [6.07, 6.45) is 18.7. The molecule has 0 spiro atoms. The molecule has 0 aromatic heterocycles. The standard InChI is InChI=1S/C36H70O11/c1-3-5-6-7-8-9-10-11-12-13-14-15-16-17-36(37)47-35-34-46-33-32-45-31-30-44-29-28-43-27-26-42-25-24-41-23-22-40-21-20-39-19-18-38-4-2/h4H,2-3,5-35H2,1H3. The van der Waals surface area contributed by atoms with E-state index in [1.54, 1.807) is 0 Å². The van der Waals surface area contributed by atoms with Gasteiger partial charge >= 0.3 is 5.97 Å². The van der Waals surface area contributed by atoms with Gasteiger partial charge in [-0.2, -0.15) is 0 Å². The zero-order chi connectivity index (χ0) is 34.0. The van der Waals surface area contributed by atoms with Crippen molar-refractivity contribution in [1.29, 1.82) is 0 Å². The van der Waals surface area contributed by atoms with E-state index in [9.17, 15) is 4.79 Å². The van der Waals surface area contributed by atoms with E-state index < -0.39 is 0 Å². The van der Waals surface area contributed by atoms with Crippen LogP contribution < -0.4 is 0 Å². The molecule has 0 saturated carbocycles. The monoisotopic (exact) mass is 678 g/mol. The molecule has 0 amide bonds. The second-order valence-corrected chi connectivity index (χ2v) is 11.1. The third kappa shape index (κ3) is 42.7. The van der Waals surface area contributed by atoms with Gasteiger partial charge in [0.25, 0.3) is 0 Å². The van der Waals surface area contributed by atoms with Gasteiger partial charge in [-0.25, -0.2) is 0 Å². The number of carbonyl (C=O) groups is 1. The molecule has 0 saturated heterocycles. The minimum Gasteiger partial charge on any atom is -0.499 e. The average Bonchev–Trinajstić information content (AvgIpc) is 3.08. The van der Waals surface area contributed by atoms with Gasteiger partial charge in [-0.1, -0.05) is 90.6 Å². The molecule has 0 aromatic carbocycles. The van der Waals surface area contributed by atoms with E-state index in [1.807, 2.05) is 0 Å². The Morgan fingerprint density at radius 3 is 1.00 bits per heavy atom. The molecule has 11 heteroatoms. The van der Waals surface area contributed by atoms with E-state index in [-0.39, 0.29) is 5.97 Å². The predicted octanol–water partition coefficient (Wildman–Crippen LogP) is 6.30. The molecular weight excluding hydrogens is 608 g/mol. The van der Waals surface area contributed by atoms with Gasteiger partial charge in [-0.3, -0.25) is 4.79 Å². The summed E-state index contributed by atoms with van der Waals surface area (Å²) in [5, 5.41) is 0. The van der Waals surface area contributed by atoms with Crippen molar-refractivity contribution in [3.05, 3.63) is 12.8 Å². The van der Waals surface area contributed by atoms with Crippen molar-refractivity contribution in [3.8, 4) is 0 Å². The molecule has 0 N–H and O–H groups in total. The lowest BCUT2D eigenvalue weighted by molar-refractivity contribution is -0.145. The molecule has 0 fully saturated rings. The maximum Gasteiger partial charge on any atom is 0.305 e. The van der Waals surface area contributed by atoms with Crippen molar-refractivity contribution < 1.29 is 52.2 Å². The van der Waals surface area contributed by atoms with Gasteiger partial charge in [0.05, 0.1) is 112 Å². The normalized spacial score (nSPS) is 11.3. The summed E-state index contributed by atoms with van der Waals surface area (Å²) < 4.78 is 53.7. The Hall–Kier alpha value is -1.31. The fourth-order valence-corrected chi connectivity index (χ4v) is 4.41. The lowest BCUT2D eigenvalue weighted by Crippen LogP contribution is -2.15. The second-order valence-electron chi connectivity index (χ2n) is 11.1. The van der Waals surface area contributed by atoms with Crippen LogP contribution in [0.2, 0.25) is 0 Å². The second kappa shape index (κ2) is 42.7. The smallest absolute Gasteiger partial charge is 0.305 e. The lowest BCUT2D eigenvalue weighted by Gasteiger charge is -2.09. The Morgan fingerprint density at radius 1 is 0.404 bits per heavy atom. The molecule has 11 nitrogen and oxygen atoms in total. The molecule has 280 valence electrons. The number of esters is 1. The molecule has 0 rings (SSSR count). The summed E-state index contributed by atoms with van der Waals surface area (Å²) >= 11 is 0. The van der Waals surface area contributed by atoms with Crippen LogP contribution in [0, 0.1) is 0 Å². The first kappa shape index (κ1) is 45.7. The maximum atomic E-state index is 11.8. The summed E-state index contributed by atoms with van der Waals surface area (Å²) in [6.45, 7) is 14.5. The summed E-state index contributed by atoms with van der Waals surface area (Å²) in [5.41, 5.74) is 0. The minimum atomic E-state index is -0.130. The van der Waals surface area contributed by atoms with Crippen LogP contribution in [-0.4, -0.2) is 125 Å². The SMILES string of the molecule is C=COCCOCCOCCOCCOCCOCCOCCOCCOCCOC(=O)CCCCCCCCCCCCCCC. The molecule has 0 atom stereocenters. The summed E-state index contributed by atoms with van der Waals surface area (Å²) in [6, 6.07) is 0. The maximum absolute atomic E-state index is 11.8. The van der Waals surface area contributed by atoms with E-state index in [0.717, 1.165) is 12.8 Å². The zero-order valence-corrected chi connectivity index (χ0v) is 29.9. The highest BCUT2D eigenvalue weighted by atomic mass is 16.6.